The van der Waals surface area contributed by atoms with E-state index in [1.54, 1.807) is 11.3 Å². The van der Waals surface area contributed by atoms with Crippen molar-refractivity contribution in [1.29, 1.82) is 0 Å². The third-order valence-corrected chi connectivity index (χ3v) is 5.24. The first kappa shape index (κ1) is 15.8. The summed E-state index contributed by atoms with van der Waals surface area (Å²) in [5, 5.41) is 5.98. The fourth-order valence-corrected chi connectivity index (χ4v) is 3.45. The highest BCUT2D eigenvalue weighted by atomic mass is 32.1. The summed E-state index contributed by atoms with van der Waals surface area (Å²) in [7, 11) is 2.02. The maximum absolute atomic E-state index is 11.8. The van der Waals surface area contributed by atoms with Crippen molar-refractivity contribution in [3.8, 4) is 11.3 Å². The fourth-order valence-electron chi connectivity index (χ4n) is 2.63. The van der Waals surface area contributed by atoms with Crippen molar-refractivity contribution in [2.75, 3.05) is 17.3 Å². The van der Waals surface area contributed by atoms with Crippen LogP contribution in [0.3, 0.4) is 0 Å². The molecule has 25 heavy (non-hydrogen) atoms. The van der Waals surface area contributed by atoms with E-state index in [1.807, 2.05) is 49.5 Å². The predicted molar refractivity (Wildman–Crippen MR) is 103 cm³/mol. The van der Waals surface area contributed by atoms with Gasteiger partial charge in [0.25, 0.3) is 0 Å². The molecule has 0 atom stereocenters. The Morgan fingerprint density at radius 1 is 1.12 bits per heavy atom. The summed E-state index contributed by atoms with van der Waals surface area (Å²) >= 11 is 1.62. The number of carbonyl (C=O) groups is 1. The third kappa shape index (κ3) is 3.56. The molecular weight excluding hydrogens is 330 g/mol. The van der Waals surface area contributed by atoms with Crippen molar-refractivity contribution >= 4 is 33.8 Å². The lowest BCUT2D eigenvalue weighted by atomic mass is 10.1. The van der Waals surface area contributed by atoms with Crippen molar-refractivity contribution in [3.05, 3.63) is 60.0 Å². The minimum atomic E-state index is 0.133. The van der Waals surface area contributed by atoms with Crippen LogP contribution in [0.4, 0.5) is 16.5 Å². The van der Waals surface area contributed by atoms with Gasteiger partial charge in [0, 0.05) is 35.3 Å². The van der Waals surface area contributed by atoms with Crippen molar-refractivity contribution in [1.82, 2.24) is 4.98 Å². The maximum atomic E-state index is 11.8. The number of carbonyl (C=O) groups excluding carboxylic acids is 1. The molecule has 0 aliphatic heterocycles. The topological polar surface area (TPSA) is 45.2 Å². The highest BCUT2D eigenvalue weighted by Gasteiger charge is 2.29. The van der Waals surface area contributed by atoms with Gasteiger partial charge in [-0.15, -0.1) is 11.3 Å². The van der Waals surface area contributed by atoms with Crippen LogP contribution in [0.25, 0.3) is 11.3 Å². The summed E-state index contributed by atoms with van der Waals surface area (Å²) in [6.45, 7) is 0. The van der Waals surface area contributed by atoms with Crippen molar-refractivity contribution in [2.45, 2.75) is 12.8 Å². The number of amides is 1. The van der Waals surface area contributed by atoms with Crippen LogP contribution in [0.2, 0.25) is 0 Å². The molecule has 1 aliphatic carbocycles. The van der Waals surface area contributed by atoms with E-state index < -0.39 is 0 Å². The van der Waals surface area contributed by atoms with Gasteiger partial charge >= 0.3 is 0 Å². The highest BCUT2D eigenvalue weighted by Crippen LogP contribution is 2.32. The number of nitrogens with zero attached hydrogens (tertiary/aromatic N) is 2. The predicted octanol–water partition coefficient (Wildman–Crippen LogP) is 4.93. The molecule has 1 aliphatic rings. The molecule has 0 saturated heterocycles. The van der Waals surface area contributed by atoms with Crippen LogP contribution in [-0.4, -0.2) is 17.9 Å². The zero-order valence-electron chi connectivity index (χ0n) is 14.0. The normalized spacial score (nSPS) is 13.5. The molecule has 3 aromatic rings. The van der Waals surface area contributed by atoms with Gasteiger partial charge in [-0.05, 0) is 37.1 Å². The van der Waals surface area contributed by atoms with E-state index >= 15 is 0 Å². The Morgan fingerprint density at radius 3 is 2.52 bits per heavy atom. The molecule has 1 aromatic heterocycles. The number of nitrogens with one attached hydrogen (secondary N) is 1. The zero-order chi connectivity index (χ0) is 17.2. The van der Waals surface area contributed by atoms with Gasteiger partial charge in [0.1, 0.15) is 0 Å². The third-order valence-electron chi connectivity index (χ3n) is 4.32. The first-order valence-electron chi connectivity index (χ1n) is 8.36. The van der Waals surface area contributed by atoms with Crippen molar-refractivity contribution in [3.63, 3.8) is 0 Å². The first-order chi connectivity index (χ1) is 12.2. The van der Waals surface area contributed by atoms with Gasteiger partial charge in [-0.1, -0.05) is 30.3 Å². The molecule has 0 bridgehead atoms. The molecule has 1 fully saturated rings. The Kier molecular flexibility index (Phi) is 4.24. The highest BCUT2D eigenvalue weighted by molar-refractivity contribution is 7.14. The Bertz CT molecular complexity index is 869. The average molecular weight is 349 g/mol. The molecule has 1 heterocycles. The molecule has 2 aromatic carbocycles. The molecule has 0 unspecified atom stereocenters. The number of hydrogen-bond donors (Lipinski definition) is 1. The Labute approximate surface area is 151 Å². The van der Waals surface area contributed by atoms with E-state index in [1.165, 1.54) is 0 Å². The Hall–Kier alpha value is -2.66. The Balaban J connectivity index is 1.49. The quantitative estimate of drug-likeness (QED) is 0.710. The van der Waals surface area contributed by atoms with Gasteiger partial charge in [0.05, 0.1) is 5.69 Å². The van der Waals surface area contributed by atoms with E-state index in [0.717, 1.165) is 40.6 Å². The first-order valence-corrected chi connectivity index (χ1v) is 9.24. The van der Waals surface area contributed by atoms with Crippen molar-refractivity contribution in [2.24, 2.45) is 5.92 Å². The number of thiazole rings is 1. The van der Waals surface area contributed by atoms with Crippen molar-refractivity contribution < 1.29 is 4.79 Å². The second kappa shape index (κ2) is 6.69. The second-order valence-corrected chi connectivity index (χ2v) is 7.09. The molecule has 126 valence electrons. The standard InChI is InChI=1S/C20H19N3OS/c1-23(17-5-3-2-4-6-17)20-22-18(13-25-20)14-9-11-16(12-10-14)21-19(24)15-7-8-15/h2-6,9-13,15H,7-8H2,1H3,(H,21,24). The minimum Gasteiger partial charge on any atom is -0.326 e. The zero-order valence-corrected chi connectivity index (χ0v) is 14.8. The van der Waals surface area contributed by atoms with E-state index in [-0.39, 0.29) is 11.8 Å². The lowest BCUT2D eigenvalue weighted by Gasteiger charge is -2.15. The van der Waals surface area contributed by atoms with Crippen LogP contribution < -0.4 is 10.2 Å². The van der Waals surface area contributed by atoms with Crippen LogP contribution >= 0.6 is 11.3 Å². The summed E-state index contributed by atoms with van der Waals surface area (Å²) < 4.78 is 0. The average Bonchev–Trinajstić information content (AvgIpc) is 3.40. The number of benzene rings is 2. The number of aromatic nitrogens is 1. The summed E-state index contributed by atoms with van der Waals surface area (Å²) in [6, 6.07) is 18.1. The monoisotopic (exact) mass is 349 g/mol. The molecule has 1 saturated carbocycles. The van der Waals surface area contributed by atoms with E-state index in [4.69, 9.17) is 4.98 Å². The van der Waals surface area contributed by atoms with Gasteiger partial charge in [0.2, 0.25) is 5.91 Å². The summed E-state index contributed by atoms with van der Waals surface area (Å²) in [5.74, 6) is 0.350. The minimum absolute atomic E-state index is 0.133. The van der Waals surface area contributed by atoms with E-state index in [9.17, 15) is 4.79 Å². The smallest absolute Gasteiger partial charge is 0.227 e. The van der Waals surface area contributed by atoms with Crippen LogP contribution in [0.15, 0.2) is 60.0 Å². The van der Waals surface area contributed by atoms with E-state index in [0.29, 0.717) is 0 Å². The number of hydrogen-bond acceptors (Lipinski definition) is 4. The molecule has 1 N–H and O–H groups in total. The number of rotatable bonds is 5. The lowest BCUT2D eigenvalue weighted by molar-refractivity contribution is -0.117. The molecule has 4 nitrogen and oxygen atoms in total. The maximum Gasteiger partial charge on any atom is 0.227 e. The largest absolute Gasteiger partial charge is 0.326 e. The van der Waals surface area contributed by atoms with Crippen LogP contribution in [0, 0.1) is 5.92 Å². The van der Waals surface area contributed by atoms with Crippen LogP contribution in [0.5, 0.6) is 0 Å². The SMILES string of the molecule is CN(c1ccccc1)c1nc(-c2ccc(NC(=O)C3CC3)cc2)cs1. The molecule has 1 amide bonds. The molecule has 0 radical (unpaired) electrons. The fraction of sp³-hybridized carbons (Fsp3) is 0.200. The second-order valence-electron chi connectivity index (χ2n) is 6.25. The van der Waals surface area contributed by atoms with Crippen LogP contribution in [-0.2, 0) is 4.79 Å². The molecule has 5 heteroatoms. The van der Waals surface area contributed by atoms with Gasteiger partial charge in [-0.2, -0.15) is 0 Å². The molecule has 0 spiro atoms. The number of anilines is 3. The van der Waals surface area contributed by atoms with Crippen LogP contribution in [0.1, 0.15) is 12.8 Å². The van der Waals surface area contributed by atoms with Gasteiger partial charge in [0.15, 0.2) is 5.13 Å². The molecular formula is C20H19N3OS. The van der Waals surface area contributed by atoms with Gasteiger partial charge in [-0.3, -0.25) is 4.79 Å². The van der Waals surface area contributed by atoms with E-state index in [2.05, 4.69) is 27.7 Å². The van der Waals surface area contributed by atoms with Gasteiger partial charge < -0.3 is 10.2 Å². The lowest BCUT2D eigenvalue weighted by Crippen LogP contribution is -2.12. The van der Waals surface area contributed by atoms with Gasteiger partial charge in [-0.25, -0.2) is 4.98 Å². The molecule has 4 rings (SSSR count). The summed E-state index contributed by atoms with van der Waals surface area (Å²) in [5.41, 5.74) is 3.95. The summed E-state index contributed by atoms with van der Waals surface area (Å²) in [4.78, 5) is 18.6. The number of para-hydroxylation sites is 1. The Morgan fingerprint density at radius 2 is 1.84 bits per heavy atom. The summed E-state index contributed by atoms with van der Waals surface area (Å²) in [6.07, 6.45) is 2.03.